The molecule has 0 spiro atoms. The number of rotatable bonds is 13. The van der Waals surface area contributed by atoms with Crippen LogP contribution in [0, 0.1) is 13.8 Å². The van der Waals surface area contributed by atoms with Crippen molar-refractivity contribution >= 4 is 22.6 Å². The topological polar surface area (TPSA) is 113 Å². The van der Waals surface area contributed by atoms with E-state index >= 15 is 0 Å². The van der Waals surface area contributed by atoms with E-state index in [2.05, 4.69) is 41.6 Å². The minimum Gasteiger partial charge on any atom is -0.456 e. The molecule has 40 heavy (non-hydrogen) atoms. The third-order valence-corrected chi connectivity index (χ3v) is 6.62. The molecule has 1 aliphatic carbocycles. The van der Waals surface area contributed by atoms with E-state index in [0.29, 0.717) is 69.5 Å². The first kappa shape index (κ1) is 29.4. The number of nitrogens with zero attached hydrogens (tertiary/aromatic N) is 2. The second-order valence-corrected chi connectivity index (χ2v) is 9.51. The van der Waals surface area contributed by atoms with Crippen molar-refractivity contribution in [3.05, 3.63) is 70.6 Å². The van der Waals surface area contributed by atoms with Gasteiger partial charge in [-0.1, -0.05) is 18.2 Å². The van der Waals surface area contributed by atoms with Crippen molar-refractivity contribution in [3.8, 4) is 22.5 Å². The fourth-order valence-corrected chi connectivity index (χ4v) is 4.79. The fraction of sp³-hybridized carbons (Fsp3) is 0.375. The minimum absolute atomic E-state index is 0.163. The number of carbonyl (C=O) groups is 1. The summed E-state index contributed by atoms with van der Waals surface area (Å²) >= 11 is 0. The number of nitrogens with two attached hydrogens (primary N) is 1. The molecule has 8 heteroatoms. The number of hydrogen-bond acceptors (Lipinski definition) is 6. The number of aryl methyl sites for hydroxylation is 2. The maximum Gasteiger partial charge on any atom is 0.251 e. The molecule has 0 fully saturated rings. The number of nitrogens with one attached hydrogen (secondary N) is 1. The summed E-state index contributed by atoms with van der Waals surface area (Å²) in [6, 6.07) is 15.9. The highest BCUT2D eigenvalue weighted by atomic mass is 16.5. The SMILES string of the molecule is CCN=c1cc2oc3cc([N+]CC)c(C)cc3c(-c3ccccc3C(=O)NCCOCCOCCN)c-2cc1C. The first-order chi connectivity index (χ1) is 19.5. The lowest BCUT2D eigenvalue weighted by molar-refractivity contribution is 0.0511. The summed E-state index contributed by atoms with van der Waals surface area (Å²) in [5, 5.41) is 9.48. The zero-order valence-electron chi connectivity index (χ0n) is 23.9. The van der Waals surface area contributed by atoms with Crippen molar-refractivity contribution in [2.75, 3.05) is 52.6 Å². The van der Waals surface area contributed by atoms with Crippen molar-refractivity contribution in [2.24, 2.45) is 10.7 Å². The van der Waals surface area contributed by atoms with Crippen LogP contribution in [0.1, 0.15) is 35.3 Å². The average Bonchev–Trinajstić information content (AvgIpc) is 2.95. The summed E-state index contributed by atoms with van der Waals surface area (Å²) in [4.78, 5) is 18.1. The predicted octanol–water partition coefficient (Wildman–Crippen LogP) is 4.72. The standard InChI is InChI=1S/C32H39N4O4/c1-5-34-27-19-29-25(17-21(27)3)31(26-18-22(4)28(35-6-2)20-30(26)40-29)23-9-7-8-10-24(23)32(37)36-12-14-39-16-15-38-13-11-33/h7-10,17-20H,5-6,11-16,33H2,1-4H3,(H,36,37)/q+1. The van der Waals surface area contributed by atoms with E-state index < -0.39 is 0 Å². The molecule has 8 nitrogen and oxygen atoms in total. The molecule has 3 N–H and O–H groups in total. The van der Waals surface area contributed by atoms with E-state index in [4.69, 9.17) is 19.6 Å². The minimum atomic E-state index is -0.163. The number of benzene rings is 3. The van der Waals surface area contributed by atoms with Gasteiger partial charge < -0.3 is 24.9 Å². The van der Waals surface area contributed by atoms with Gasteiger partial charge in [0.05, 0.1) is 37.9 Å². The highest BCUT2D eigenvalue weighted by Crippen LogP contribution is 2.42. The molecular weight excluding hydrogens is 504 g/mol. The summed E-state index contributed by atoms with van der Waals surface area (Å²) in [5.74, 6) is 0.552. The van der Waals surface area contributed by atoms with Gasteiger partial charge in [0.25, 0.3) is 11.6 Å². The Hall–Kier alpha value is -3.56. The lowest BCUT2D eigenvalue weighted by atomic mass is 9.89. The Labute approximate surface area is 235 Å². The molecule has 2 aromatic carbocycles. The fourth-order valence-electron chi connectivity index (χ4n) is 4.79. The third-order valence-electron chi connectivity index (χ3n) is 6.62. The Morgan fingerprint density at radius 3 is 2.50 bits per heavy atom. The van der Waals surface area contributed by atoms with E-state index in [9.17, 15) is 4.79 Å². The maximum absolute atomic E-state index is 13.4. The smallest absolute Gasteiger partial charge is 0.251 e. The first-order valence-electron chi connectivity index (χ1n) is 13.9. The molecular formula is C32H39N4O4+. The highest BCUT2D eigenvalue weighted by Gasteiger charge is 2.24. The average molecular weight is 544 g/mol. The van der Waals surface area contributed by atoms with Crippen molar-refractivity contribution in [1.29, 1.82) is 0 Å². The maximum atomic E-state index is 13.4. The van der Waals surface area contributed by atoms with Crippen LogP contribution in [0.15, 0.2) is 57.9 Å². The van der Waals surface area contributed by atoms with Crippen LogP contribution in [0.4, 0.5) is 5.69 Å². The molecule has 2 aliphatic rings. The lowest BCUT2D eigenvalue weighted by Gasteiger charge is -2.19. The molecule has 0 saturated carbocycles. The van der Waals surface area contributed by atoms with E-state index in [1.165, 1.54) is 0 Å². The van der Waals surface area contributed by atoms with Gasteiger partial charge in [0.2, 0.25) is 0 Å². The van der Waals surface area contributed by atoms with Crippen LogP contribution in [0.2, 0.25) is 0 Å². The number of hydrogen-bond donors (Lipinski definition) is 2. The molecule has 0 atom stereocenters. The van der Waals surface area contributed by atoms with Gasteiger partial charge in [0.15, 0.2) is 6.54 Å². The Morgan fingerprint density at radius 2 is 1.75 bits per heavy atom. The molecule has 1 amide bonds. The number of carbonyl (C=O) groups excluding carboxylic acids is 1. The van der Waals surface area contributed by atoms with E-state index in [1.54, 1.807) is 0 Å². The molecule has 0 unspecified atom stereocenters. The molecule has 0 saturated heterocycles. The van der Waals surface area contributed by atoms with Crippen LogP contribution in [0.3, 0.4) is 0 Å². The number of ether oxygens (including phenoxy) is 2. The van der Waals surface area contributed by atoms with Crippen LogP contribution in [0.5, 0.6) is 0 Å². The molecule has 4 rings (SSSR count). The van der Waals surface area contributed by atoms with Crippen LogP contribution >= 0.6 is 0 Å². The van der Waals surface area contributed by atoms with E-state index in [0.717, 1.165) is 44.2 Å². The van der Waals surface area contributed by atoms with Crippen LogP contribution < -0.4 is 21.7 Å². The van der Waals surface area contributed by atoms with Crippen LogP contribution in [0.25, 0.3) is 33.4 Å². The summed E-state index contributed by atoms with van der Waals surface area (Å²) in [6.45, 7) is 12.2. The molecule has 2 aromatic rings. The number of fused-ring (bicyclic) bond motifs is 2. The molecule has 0 aromatic heterocycles. The molecule has 210 valence electrons. The van der Waals surface area contributed by atoms with Crippen molar-refractivity contribution in [1.82, 2.24) is 10.6 Å². The van der Waals surface area contributed by atoms with Crippen molar-refractivity contribution in [3.63, 3.8) is 0 Å². The van der Waals surface area contributed by atoms with Gasteiger partial charge in [0.1, 0.15) is 16.7 Å². The van der Waals surface area contributed by atoms with E-state index in [1.807, 2.05) is 50.2 Å². The molecule has 1 aliphatic heterocycles. The zero-order valence-corrected chi connectivity index (χ0v) is 23.9. The zero-order chi connectivity index (χ0) is 28.5. The summed E-state index contributed by atoms with van der Waals surface area (Å²) in [7, 11) is 0. The van der Waals surface area contributed by atoms with Crippen LogP contribution in [-0.4, -0.2) is 58.5 Å². The Balaban J connectivity index is 1.76. The predicted molar refractivity (Wildman–Crippen MR) is 159 cm³/mol. The van der Waals surface area contributed by atoms with Gasteiger partial charge in [-0.3, -0.25) is 9.79 Å². The Morgan fingerprint density at radius 1 is 0.975 bits per heavy atom. The highest BCUT2D eigenvalue weighted by molar-refractivity contribution is 6.09. The van der Waals surface area contributed by atoms with E-state index in [-0.39, 0.29) is 5.91 Å². The second kappa shape index (κ2) is 14.2. The first-order valence-corrected chi connectivity index (χ1v) is 13.9. The summed E-state index contributed by atoms with van der Waals surface area (Å²) in [5.41, 5.74) is 12.4. The van der Waals surface area contributed by atoms with Crippen LogP contribution in [-0.2, 0) is 9.47 Å². The monoisotopic (exact) mass is 543 g/mol. The summed E-state index contributed by atoms with van der Waals surface area (Å²) < 4.78 is 17.4. The van der Waals surface area contributed by atoms with Gasteiger partial charge in [-0.15, -0.1) is 0 Å². The summed E-state index contributed by atoms with van der Waals surface area (Å²) in [6.07, 6.45) is 0. The largest absolute Gasteiger partial charge is 0.456 e. The Kier molecular flexibility index (Phi) is 10.4. The number of amides is 1. The van der Waals surface area contributed by atoms with Gasteiger partial charge in [0, 0.05) is 53.3 Å². The normalized spacial score (nSPS) is 12.0. The Bertz CT molecular complexity index is 1490. The van der Waals surface area contributed by atoms with Crippen molar-refractivity contribution in [2.45, 2.75) is 27.7 Å². The van der Waals surface area contributed by atoms with Gasteiger partial charge in [-0.05, 0) is 57.0 Å². The molecule has 2 radical (unpaired) electrons. The van der Waals surface area contributed by atoms with Gasteiger partial charge in [-0.25, -0.2) is 0 Å². The quantitative estimate of drug-likeness (QED) is 0.187. The van der Waals surface area contributed by atoms with Gasteiger partial charge in [-0.2, -0.15) is 0 Å². The second-order valence-electron chi connectivity index (χ2n) is 9.51. The molecule has 0 bridgehead atoms. The van der Waals surface area contributed by atoms with Gasteiger partial charge >= 0.3 is 0 Å². The lowest BCUT2D eigenvalue weighted by Crippen LogP contribution is -2.28. The van der Waals surface area contributed by atoms with Crippen molar-refractivity contribution < 1.29 is 18.7 Å². The third kappa shape index (κ3) is 6.77. The molecule has 1 heterocycles.